The van der Waals surface area contributed by atoms with Crippen molar-refractivity contribution >= 4 is 5.78 Å². The highest BCUT2D eigenvalue weighted by Crippen LogP contribution is 2.45. The summed E-state index contributed by atoms with van der Waals surface area (Å²) in [6, 6.07) is 0. The molecule has 0 saturated carbocycles. The molecule has 0 N–H and O–H groups in total. The summed E-state index contributed by atoms with van der Waals surface area (Å²) in [5.41, 5.74) is 0.0366. The first-order valence-corrected chi connectivity index (χ1v) is 6.63. The van der Waals surface area contributed by atoms with Gasteiger partial charge in [0, 0.05) is 6.42 Å². The summed E-state index contributed by atoms with van der Waals surface area (Å²) in [4.78, 5) is 22.6. The quantitative estimate of drug-likeness (QED) is 0.426. The van der Waals surface area contributed by atoms with Crippen molar-refractivity contribution in [3.63, 3.8) is 0 Å². The van der Waals surface area contributed by atoms with Crippen LogP contribution in [0.25, 0.3) is 0 Å². The fourth-order valence-electron chi connectivity index (χ4n) is 2.54. The zero-order valence-electron chi connectivity index (χ0n) is 11.5. The zero-order chi connectivity index (χ0) is 13.4. The van der Waals surface area contributed by atoms with E-state index in [2.05, 4.69) is 25.7 Å². The van der Waals surface area contributed by atoms with Gasteiger partial charge in [-0.15, -0.1) is 0 Å². The molecular formula is C15H22O3. The standard InChI is InChI=1S/C15H22O3/c1-11(2)13(16)6-5-12(3)15-9-7-14(4,8-10-15)17-18-15/h7,9,12H,1,5-6,8,10H2,2-4H3. The van der Waals surface area contributed by atoms with Crippen LogP contribution in [0.15, 0.2) is 24.3 Å². The minimum Gasteiger partial charge on any atom is -0.295 e. The highest BCUT2D eigenvalue weighted by Gasteiger charge is 2.48. The number of Topliss-reactive ketones (excluding diaryl/α,β-unsaturated/α-hetero) is 1. The number of rotatable bonds is 5. The summed E-state index contributed by atoms with van der Waals surface area (Å²) in [6.07, 6.45) is 7.49. The molecule has 0 aromatic heterocycles. The molecule has 1 aliphatic carbocycles. The van der Waals surface area contributed by atoms with Crippen LogP contribution < -0.4 is 0 Å². The lowest BCUT2D eigenvalue weighted by atomic mass is 9.74. The van der Waals surface area contributed by atoms with Crippen LogP contribution in [0.2, 0.25) is 0 Å². The van der Waals surface area contributed by atoms with Crippen molar-refractivity contribution in [2.75, 3.05) is 0 Å². The maximum Gasteiger partial charge on any atom is 0.157 e. The van der Waals surface area contributed by atoms with Crippen LogP contribution in [0.4, 0.5) is 0 Å². The predicted octanol–water partition coefficient (Wildman–Crippen LogP) is 3.36. The minimum absolute atomic E-state index is 0.139. The third kappa shape index (κ3) is 2.43. The van der Waals surface area contributed by atoms with Gasteiger partial charge in [0.15, 0.2) is 5.78 Å². The molecule has 0 spiro atoms. The van der Waals surface area contributed by atoms with Gasteiger partial charge < -0.3 is 0 Å². The molecule has 3 aliphatic rings. The van der Waals surface area contributed by atoms with Gasteiger partial charge in [0.05, 0.1) is 0 Å². The largest absolute Gasteiger partial charge is 0.295 e. The van der Waals surface area contributed by atoms with Crippen molar-refractivity contribution in [3.05, 3.63) is 24.3 Å². The average Bonchev–Trinajstić information content (AvgIpc) is 2.36. The zero-order valence-corrected chi connectivity index (χ0v) is 11.5. The third-order valence-electron chi connectivity index (χ3n) is 4.23. The molecule has 0 amide bonds. The molecule has 0 aromatic carbocycles. The Labute approximate surface area is 109 Å². The first-order chi connectivity index (χ1) is 8.37. The first-order valence-electron chi connectivity index (χ1n) is 6.63. The van der Waals surface area contributed by atoms with Gasteiger partial charge in [-0.2, -0.15) is 0 Å². The molecule has 1 saturated heterocycles. The average molecular weight is 250 g/mol. The number of hydrogen-bond donors (Lipinski definition) is 0. The molecule has 3 atom stereocenters. The van der Waals surface area contributed by atoms with E-state index < -0.39 is 0 Å². The van der Waals surface area contributed by atoms with Crippen LogP contribution in [-0.4, -0.2) is 17.0 Å². The Morgan fingerprint density at radius 3 is 2.56 bits per heavy atom. The van der Waals surface area contributed by atoms with Crippen LogP contribution in [0.5, 0.6) is 0 Å². The number of carbonyl (C=O) groups is 1. The van der Waals surface area contributed by atoms with Gasteiger partial charge in [-0.3, -0.25) is 4.79 Å². The van der Waals surface area contributed by atoms with Gasteiger partial charge in [0.1, 0.15) is 11.2 Å². The molecule has 3 nitrogen and oxygen atoms in total. The van der Waals surface area contributed by atoms with Gasteiger partial charge in [-0.1, -0.05) is 25.7 Å². The summed E-state index contributed by atoms with van der Waals surface area (Å²) >= 11 is 0. The second-order valence-electron chi connectivity index (χ2n) is 5.91. The van der Waals surface area contributed by atoms with Crippen LogP contribution in [0.3, 0.4) is 0 Å². The van der Waals surface area contributed by atoms with Gasteiger partial charge in [0.2, 0.25) is 0 Å². The summed E-state index contributed by atoms with van der Waals surface area (Å²) in [6.45, 7) is 9.59. The van der Waals surface area contributed by atoms with E-state index in [-0.39, 0.29) is 22.9 Å². The van der Waals surface area contributed by atoms with Gasteiger partial charge in [-0.25, -0.2) is 9.78 Å². The molecule has 100 valence electrons. The molecule has 2 aliphatic heterocycles. The lowest BCUT2D eigenvalue weighted by molar-refractivity contribution is -0.432. The highest BCUT2D eigenvalue weighted by atomic mass is 17.2. The Bertz CT molecular complexity index is 387. The fourth-order valence-corrected chi connectivity index (χ4v) is 2.54. The normalized spacial score (nSPS) is 35.5. The van der Waals surface area contributed by atoms with E-state index in [0.29, 0.717) is 12.0 Å². The summed E-state index contributed by atoms with van der Waals surface area (Å²) in [5, 5.41) is 0. The first kappa shape index (κ1) is 13.5. The van der Waals surface area contributed by atoms with E-state index >= 15 is 0 Å². The van der Waals surface area contributed by atoms with Crippen LogP contribution in [0.1, 0.15) is 46.5 Å². The van der Waals surface area contributed by atoms with Crippen molar-refractivity contribution in [1.82, 2.24) is 0 Å². The van der Waals surface area contributed by atoms with E-state index in [1.54, 1.807) is 6.92 Å². The predicted molar refractivity (Wildman–Crippen MR) is 69.9 cm³/mol. The number of hydrogen-bond acceptors (Lipinski definition) is 3. The van der Waals surface area contributed by atoms with Crippen molar-refractivity contribution in [2.24, 2.45) is 5.92 Å². The smallest absolute Gasteiger partial charge is 0.157 e. The van der Waals surface area contributed by atoms with Crippen molar-refractivity contribution in [3.8, 4) is 0 Å². The van der Waals surface area contributed by atoms with E-state index in [9.17, 15) is 4.79 Å². The molecule has 2 heterocycles. The van der Waals surface area contributed by atoms with E-state index in [1.807, 2.05) is 6.92 Å². The Hall–Kier alpha value is -0.930. The van der Waals surface area contributed by atoms with Gasteiger partial charge in [0.25, 0.3) is 0 Å². The maximum absolute atomic E-state index is 11.6. The third-order valence-corrected chi connectivity index (χ3v) is 4.23. The van der Waals surface area contributed by atoms with Crippen molar-refractivity contribution < 1.29 is 14.6 Å². The summed E-state index contributed by atoms with van der Waals surface area (Å²) < 4.78 is 0. The van der Waals surface area contributed by atoms with Crippen molar-refractivity contribution in [1.29, 1.82) is 0 Å². The van der Waals surface area contributed by atoms with Gasteiger partial charge in [-0.05, 0) is 44.6 Å². The molecule has 0 aromatic rings. The lowest BCUT2D eigenvalue weighted by Crippen LogP contribution is -2.51. The van der Waals surface area contributed by atoms with E-state index in [1.165, 1.54) is 0 Å². The Kier molecular flexibility index (Phi) is 3.47. The lowest BCUT2D eigenvalue weighted by Gasteiger charge is -2.48. The van der Waals surface area contributed by atoms with Crippen LogP contribution in [-0.2, 0) is 14.6 Å². The Morgan fingerprint density at radius 1 is 1.39 bits per heavy atom. The molecule has 2 bridgehead atoms. The molecular weight excluding hydrogens is 228 g/mol. The minimum atomic E-state index is -0.340. The number of allylic oxidation sites excluding steroid dienone is 1. The monoisotopic (exact) mass is 250 g/mol. The molecule has 3 rings (SSSR count). The molecule has 1 fully saturated rings. The SMILES string of the molecule is C=C(C)C(=O)CCC(C)C12C=CC(C)(CC1)OO2. The number of fused-ring (bicyclic) bond motifs is 2. The number of ketones is 1. The highest BCUT2D eigenvalue weighted by molar-refractivity contribution is 5.94. The maximum atomic E-state index is 11.6. The second kappa shape index (κ2) is 4.63. The van der Waals surface area contributed by atoms with E-state index in [4.69, 9.17) is 9.78 Å². The molecule has 18 heavy (non-hydrogen) atoms. The Morgan fingerprint density at radius 2 is 2.11 bits per heavy atom. The van der Waals surface area contributed by atoms with Crippen LogP contribution in [0, 0.1) is 5.92 Å². The summed E-state index contributed by atoms with van der Waals surface area (Å²) in [7, 11) is 0. The van der Waals surface area contributed by atoms with Crippen LogP contribution >= 0.6 is 0 Å². The molecule has 3 unspecified atom stereocenters. The number of carbonyl (C=O) groups excluding carboxylic acids is 1. The topological polar surface area (TPSA) is 35.5 Å². The second-order valence-corrected chi connectivity index (χ2v) is 5.91. The van der Waals surface area contributed by atoms with Gasteiger partial charge >= 0.3 is 0 Å². The fraction of sp³-hybridized carbons (Fsp3) is 0.667. The molecule has 0 radical (unpaired) electrons. The van der Waals surface area contributed by atoms with E-state index in [0.717, 1.165) is 19.3 Å². The van der Waals surface area contributed by atoms with Crippen molar-refractivity contribution in [2.45, 2.75) is 57.7 Å². The molecule has 3 heteroatoms. The Balaban J connectivity index is 1.98. The summed E-state index contributed by atoms with van der Waals surface area (Å²) in [5.74, 6) is 0.404.